The standard InChI is InChI=1S/C30H28N8O3/c1-35-18-21(17-32-35)30(40)38-11-9-24-23(3-2-4-26(24)38)25-19-37-12-10-31-28(37)27(34-25)33-22-7-5-20(6-8-22)29(39)36-13-15-41-16-14-36/h2-8,10,12,17-19H,9,11,13-16H2,1H3,(H,33,34). The van der Waals surface area contributed by atoms with E-state index in [9.17, 15) is 9.59 Å². The molecule has 0 bridgehead atoms. The molecule has 2 aliphatic rings. The summed E-state index contributed by atoms with van der Waals surface area (Å²) in [7, 11) is 1.80. The zero-order valence-electron chi connectivity index (χ0n) is 22.5. The normalized spacial score (nSPS) is 14.9. The molecule has 1 fully saturated rings. The van der Waals surface area contributed by atoms with Crippen LogP contribution in [-0.4, -0.2) is 73.7 Å². The molecule has 1 saturated heterocycles. The number of ether oxygens (including phenoxy) is 1. The zero-order valence-corrected chi connectivity index (χ0v) is 22.5. The van der Waals surface area contributed by atoms with Gasteiger partial charge in [-0.1, -0.05) is 12.1 Å². The molecule has 2 aromatic carbocycles. The average Bonchev–Trinajstić information content (AvgIpc) is 3.77. The number of hydrogen-bond donors (Lipinski definition) is 1. The Bertz CT molecular complexity index is 1770. The van der Waals surface area contributed by atoms with Gasteiger partial charge in [0.2, 0.25) is 0 Å². The van der Waals surface area contributed by atoms with Gasteiger partial charge < -0.3 is 24.3 Å². The first kappa shape index (κ1) is 25.0. The second-order valence-electron chi connectivity index (χ2n) is 10.2. The Morgan fingerprint density at radius 2 is 1.78 bits per heavy atom. The van der Waals surface area contributed by atoms with Crippen LogP contribution in [0, 0.1) is 0 Å². The Kier molecular flexibility index (Phi) is 6.20. The fourth-order valence-electron chi connectivity index (χ4n) is 5.50. The second kappa shape index (κ2) is 10.2. The summed E-state index contributed by atoms with van der Waals surface area (Å²) in [6.07, 6.45) is 9.64. The van der Waals surface area contributed by atoms with Gasteiger partial charge in [-0.2, -0.15) is 5.10 Å². The molecular weight excluding hydrogens is 520 g/mol. The number of amides is 2. The van der Waals surface area contributed by atoms with Crippen molar-refractivity contribution in [3.05, 3.63) is 90.1 Å². The zero-order chi connectivity index (χ0) is 27.9. The molecular formula is C30H28N8O3. The number of imidazole rings is 1. The molecule has 0 aliphatic carbocycles. The minimum Gasteiger partial charge on any atom is -0.378 e. The highest BCUT2D eigenvalue weighted by Crippen LogP contribution is 2.37. The van der Waals surface area contributed by atoms with Gasteiger partial charge in [0.05, 0.1) is 30.7 Å². The summed E-state index contributed by atoms with van der Waals surface area (Å²) in [5, 5.41) is 7.55. The number of carbonyl (C=O) groups is 2. The van der Waals surface area contributed by atoms with Crippen LogP contribution in [0.3, 0.4) is 0 Å². The number of carbonyl (C=O) groups excluding carboxylic acids is 2. The lowest BCUT2D eigenvalue weighted by Crippen LogP contribution is -2.40. The van der Waals surface area contributed by atoms with Crippen LogP contribution in [-0.2, 0) is 18.2 Å². The molecule has 11 nitrogen and oxygen atoms in total. The van der Waals surface area contributed by atoms with E-state index in [1.165, 1.54) is 0 Å². The van der Waals surface area contributed by atoms with Gasteiger partial charge in [0.1, 0.15) is 0 Å². The summed E-state index contributed by atoms with van der Waals surface area (Å²) < 4.78 is 8.93. The van der Waals surface area contributed by atoms with Crippen molar-refractivity contribution >= 4 is 34.7 Å². The molecule has 2 aliphatic heterocycles. The second-order valence-corrected chi connectivity index (χ2v) is 10.2. The third-order valence-electron chi connectivity index (χ3n) is 7.57. The number of nitrogens with zero attached hydrogens (tertiary/aromatic N) is 7. The SMILES string of the molecule is Cn1cc(C(=O)N2CCc3c(-c4cn5ccnc5c(Nc5ccc(C(=O)N6CCOCC6)cc5)n4)cccc32)cn1. The molecule has 0 radical (unpaired) electrons. The van der Waals surface area contributed by atoms with Gasteiger partial charge in [0.15, 0.2) is 11.5 Å². The van der Waals surface area contributed by atoms with Crippen molar-refractivity contribution in [3.63, 3.8) is 0 Å². The maximum Gasteiger partial charge on any atom is 0.261 e. The van der Waals surface area contributed by atoms with Crippen molar-refractivity contribution in [1.29, 1.82) is 0 Å². The number of aromatic nitrogens is 5. The molecule has 7 rings (SSSR count). The molecule has 2 amide bonds. The van der Waals surface area contributed by atoms with Gasteiger partial charge in [0, 0.05) is 74.0 Å². The van der Waals surface area contributed by atoms with E-state index in [0.717, 1.165) is 34.6 Å². The van der Waals surface area contributed by atoms with E-state index < -0.39 is 0 Å². The first-order chi connectivity index (χ1) is 20.0. The van der Waals surface area contributed by atoms with Gasteiger partial charge in [0.25, 0.3) is 11.8 Å². The third kappa shape index (κ3) is 4.59. The summed E-state index contributed by atoms with van der Waals surface area (Å²) in [5.41, 5.74) is 6.38. The Morgan fingerprint density at radius 1 is 0.951 bits per heavy atom. The molecule has 1 N–H and O–H groups in total. The Balaban J connectivity index is 1.18. The fraction of sp³-hybridized carbons (Fsp3) is 0.233. The number of nitrogens with one attached hydrogen (secondary N) is 1. The van der Waals surface area contributed by atoms with Crippen LogP contribution in [0.25, 0.3) is 16.9 Å². The first-order valence-corrected chi connectivity index (χ1v) is 13.6. The average molecular weight is 549 g/mol. The largest absolute Gasteiger partial charge is 0.378 e. The highest BCUT2D eigenvalue weighted by atomic mass is 16.5. The molecule has 206 valence electrons. The topological polar surface area (TPSA) is 110 Å². The van der Waals surface area contributed by atoms with Gasteiger partial charge in [-0.3, -0.25) is 14.3 Å². The van der Waals surface area contributed by atoms with E-state index in [1.807, 2.05) is 69.1 Å². The van der Waals surface area contributed by atoms with E-state index >= 15 is 0 Å². The summed E-state index contributed by atoms with van der Waals surface area (Å²) in [5.74, 6) is 0.535. The van der Waals surface area contributed by atoms with Gasteiger partial charge >= 0.3 is 0 Å². The fourth-order valence-corrected chi connectivity index (χ4v) is 5.50. The quantitative estimate of drug-likeness (QED) is 0.358. The van der Waals surface area contributed by atoms with Gasteiger partial charge in [-0.15, -0.1) is 0 Å². The van der Waals surface area contributed by atoms with Crippen LogP contribution in [0.1, 0.15) is 26.3 Å². The van der Waals surface area contributed by atoms with Gasteiger partial charge in [-0.25, -0.2) is 9.97 Å². The molecule has 11 heteroatoms. The van der Waals surface area contributed by atoms with Crippen molar-refractivity contribution < 1.29 is 14.3 Å². The van der Waals surface area contributed by atoms with Crippen molar-refractivity contribution in [1.82, 2.24) is 29.0 Å². The molecule has 0 saturated carbocycles. The van der Waals surface area contributed by atoms with Gasteiger partial charge in [-0.05, 0) is 42.3 Å². The van der Waals surface area contributed by atoms with Crippen molar-refractivity contribution in [2.75, 3.05) is 43.1 Å². The number of morpholine rings is 1. The first-order valence-electron chi connectivity index (χ1n) is 13.6. The summed E-state index contributed by atoms with van der Waals surface area (Å²) >= 11 is 0. The lowest BCUT2D eigenvalue weighted by Gasteiger charge is -2.26. The molecule has 41 heavy (non-hydrogen) atoms. The van der Waals surface area contributed by atoms with Crippen LogP contribution in [0.15, 0.2) is 73.4 Å². The summed E-state index contributed by atoms with van der Waals surface area (Å²) in [6.45, 7) is 2.93. The number of fused-ring (bicyclic) bond motifs is 2. The van der Waals surface area contributed by atoms with Crippen LogP contribution in [0.4, 0.5) is 17.2 Å². The van der Waals surface area contributed by atoms with Crippen LogP contribution >= 0.6 is 0 Å². The number of anilines is 3. The summed E-state index contributed by atoms with van der Waals surface area (Å²) in [6, 6.07) is 13.4. The van der Waals surface area contributed by atoms with E-state index in [1.54, 1.807) is 30.3 Å². The number of aryl methyl sites for hydroxylation is 1. The van der Waals surface area contributed by atoms with Crippen LogP contribution in [0.2, 0.25) is 0 Å². The van der Waals surface area contributed by atoms with E-state index in [4.69, 9.17) is 9.72 Å². The predicted octanol–water partition coefficient (Wildman–Crippen LogP) is 3.55. The minimum absolute atomic E-state index is 0.00426. The van der Waals surface area contributed by atoms with Crippen molar-refractivity contribution in [2.24, 2.45) is 7.05 Å². The van der Waals surface area contributed by atoms with Crippen LogP contribution < -0.4 is 10.2 Å². The lowest BCUT2D eigenvalue weighted by molar-refractivity contribution is 0.0303. The van der Waals surface area contributed by atoms with E-state index in [0.29, 0.717) is 55.4 Å². The van der Waals surface area contributed by atoms with E-state index in [2.05, 4.69) is 15.4 Å². The highest BCUT2D eigenvalue weighted by molar-refractivity contribution is 6.07. The number of hydrogen-bond acceptors (Lipinski definition) is 7. The Hall–Kier alpha value is -5.03. The lowest BCUT2D eigenvalue weighted by atomic mass is 10.0. The highest BCUT2D eigenvalue weighted by Gasteiger charge is 2.29. The third-order valence-corrected chi connectivity index (χ3v) is 7.57. The van der Waals surface area contributed by atoms with E-state index in [-0.39, 0.29) is 11.8 Å². The number of benzene rings is 2. The Morgan fingerprint density at radius 3 is 2.56 bits per heavy atom. The van der Waals surface area contributed by atoms with Crippen LogP contribution in [0.5, 0.6) is 0 Å². The van der Waals surface area contributed by atoms with Crippen molar-refractivity contribution in [3.8, 4) is 11.3 Å². The molecule has 0 spiro atoms. The predicted molar refractivity (Wildman–Crippen MR) is 153 cm³/mol. The molecule has 5 heterocycles. The molecule has 3 aromatic heterocycles. The minimum atomic E-state index is -0.0649. The smallest absolute Gasteiger partial charge is 0.261 e. The molecule has 0 atom stereocenters. The maximum absolute atomic E-state index is 13.2. The summed E-state index contributed by atoms with van der Waals surface area (Å²) in [4.78, 5) is 39.2. The molecule has 5 aromatic rings. The molecule has 0 unspecified atom stereocenters. The van der Waals surface area contributed by atoms with Crippen molar-refractivity contribution in [2.45, 2.75) is 6.42 Å². The number of rotatable bonds is 5. The Labute approximate surface area is 236 Å². The maximum atomic E-state index is 13.2. The monoisotopic (exact) mass is 548 g/mol.